The second kappa shape index (κ2) is 8.26. The van der Waals surface area contributed by atoms with Gasteiger partial charge in [-0.25, -0.2) is 4.90 Å². The van der Waals surface area contributed by atoms with Gasteiger partial charge in [-0.1, -0.05) is 41.9 Å². The number of anilines is 1. The minimum Gasteiger partial charge on any atom is -0.493 e. The van der Waals surface area contributed by atoms with Gasteiger partial charge < -0.3 is 14.2 Å². The van der Waals surface area contributed by atoms with Gasteiger partial charge in [-0.3, -0.25) is 19.2 Å². The number of Topliss-reactive ketones (excluding diaryl/α,β-unsaturated/α-hetero) is 2. The summed E-state index contributed by atoms with van der Waals surface area (Å²) in [5, 5.41) is 0.433. The van der Waals surface area contributed by atoms with E-state index < -0.39 is 46.9 Å². The van der Waals surface area contributed by atoms with E-state index in [1.54, 1.807) is 54.6 Å². The minimum absolute atomic E-state index is 0.171. The van der Waals surface area contributed by atoms with Crippen LogP contribution < -0.4 is 14.4 Å². The normalized spacial score (nSPS) is 23.5. The van der Waals surface area contributed by atoms with Gasteiger partial charge in [0.15, 0.2) is 11.5 Å². The van der Waals surface area contributed by atoms with Gasteiger partial charge in [-0.15, -0.1) is 0 Å². The Labute approximate surface area is 216 Å². The number of benzene rings is 3. The van der Waals surface area contributed by atoms with E-state index in [-0.39, 0.29) is 11.1 Å². The van der Waals surface area contributed by atoms with E-state index >= 15 is 0 Å². The summed E-state index contributed by atoms with van der Waals surface area (Å²) in [6.07, 6.45) is -1.07. The molecule has 2 amide bonds. The van der Waals surface area contributed by atoms with Gasteiger partial charge in [-0.05, 0) is 42.0 Å². The number of carbonyl (C=O) groups is 4. The molecule has 2 aliphatic heterocycles. The van der Waals surface area contributed by atoms with Crippen molar-refractivity contribution in [2.45, 2.75) is 11.7 Å². The van der Waals surface area contributed by atoms with Crippen molar-refractivity contribution in [1.29, 1.82) is 0 Å². The highest BCUT2D eigenvalue weighted by Crippen LogP contribution is 2.58. The fourth-order valence-electron chi connectivity index (χ4n) is 5.69. The molecule has 3 aliphatic rings. The smallest absolute Gasteiger partial charge is 0.241 e. The van der Waals surface area contributed by atoms with Crippen LogP contribution in [0.2, 0.25) is 5.02 Å². The largest absolute Gasteiger partial charge is 0.493 e. The third-order valence-electron chi connectivity index (χ3n) is 7.34. The van der Waals surface area contributed by atoms with Crippen molar-refractivity contribution in [3.8, 4) is 11.5 Å². The van der Waals surface area contributed by atoms with Gasteiger partial charge >= 0.3 is 0 Å². The second-order valence-electron chi connectivity index (χ2n) is 9.08. The lowest BCUT2D eigenvalue weighted by Gasteiger charge is -2.27. The molecule has 186 valence electrons. The Morgan fingerprint density at radius 3 is 2.03 bits per heavy atom. The summed E-state index contributed by atoms with van der Waals surface area (Å²) in [5.74, 6) is -4.12. The van der Waals surface area contributed by atoms with Gasteiger partial charge in [0, 0.05) is 16.1 Å². The molecule has 0 N–H and O–H groups in total. The van der Waals surface area contributed by atoms with Crippen LogP contribution >= 0.6 is 11.6 Å². The Morgan fingerprint density at radius 1 is 0.811 bits per heavy atom. The Balaban J connectivity index is 1.54. The lowest BCUT2D eigenvalue weighted by Crippen LogP contribution is -2.51. The SMILES string of the molecule is COc1ccc([C@@H]2OC3(C(=O)c4ccccc4C3=O)[C@H]3C(=O)N(c4ccc(Cl)cc4)C(=O)[C@@H]23)cc1OC. The van der Waals surface area contributed by atoms with E-state index in [1.807, 2.05) is 0 Å². The maximum Gasteiger partial charge on any atom is 0.241 e. The van der Waals surface area contributed by atoms with E-state index in [0.717, 1.165) is 4.90 Å². The summed E-state index contributed by atoms with van der Waals surface area (Å²) >= 11 is 6.01. The molecule has 3 atom stereocenters. The van der Waals surface area contributed by atoms with Crippen LogP contribution in [0.4, 0.5) is 5.69 Å². The minimum atomic E-state index is -2.15. The highest BCUT2D eigenvalue weighted by Gasteiger charge is 2.74. The summed E-state index contributed by atoms with van der Waals surface area (Å²) in [5.41, 5.74) is -1.04. The molecule has 37 heavy (non-hydrogen) atoms. The highest BCUT2D eigenvalue weighted by molar-refractivity contribution is 6.37. The molecule has 2 fully saturated rings. The molecule has 0 saturated carbocycles. The number of imide groups is 1. The second-order valence-corrected chi connectivity index (χ2v) is 9.52. The number of hydrogen-bond acceptors (Lipinski definition) is 7. The number of halogens is 1. The number of rotatable bonds is 4. The van der Waals surface area contributed by atoms with Crippen LogP contribution in [0.25, 0.3) is 0 Å². The molecule has 2 heterocycles. The maximum absolute atomic E-state index is 13.9. The van der Waals surface area contributed by atoms with Crippen molar-refractivity contribution in [1.82, 2.24) is 0 Å². The predicted molar refractivity (Wildman–Crippen MR) is 132 cm³/mol. The van der Waals surface area contributed by atoms with E-state index in [0.29, 0.717) is 27.8 Å². The van der Waals surface area contributed by atoms with Crippen LogP contribution in [0.1, 0.15) is 32.4 Å². The quantitative estimate of drug-likeness (QED) is 0.380. The molecule has 1 spiro atoms. The first-order chi connectivity index (χ1) is 17.8. The van der Waals surface area contributed by atoms with Crippen LogP contribution in [0.5, 0.6) is 11.5 Å². The maximum atomic E-state index is 13.9. The first kappa shape index (κ1) is 23.4. The summed E-state index contributed by atoms with van der Waals surface area (Å²) in [7, 11) is 2.96. The van der Waals surface area contributed by atoms with E-state index in [9.17, 15) is 19.2 Å². The van der Waals surface area contributed by atoms with Crippen molar-refractivity contribution in [3.05, 3.63) is 88.4 Å². The average Bonchev–Trinajstić information content (AvgIpc) is 3.49. The molecular formula is C28H20ClNO7. The molecule has 2 saturated heterocycles. The van der Waals surface area contributed by atoms with Gasteiger partial charge in [0.1, 0.15) is 0 Å². The Morgan fingerprint density at radius 2 is 1.43 bits per heavy atom. The number of methoxy groups -OCH3 is 2. The molecule has 0 bridgehead atoms. The fraction of sp³-hybridized carbons (Fsp3) is 0.214. The third-order valence-corrected chi connectivity index (χ3v) is 7.59. The van der Waals surface area contributed by atoms with Crippen molar-refractivity contribution in [2.24, 2.45) is 11.8 Å². The molecule has 8 nitrogen and oxygen atoms in total. The zero-order valence-electron chi connectivity index (χ0n) is 19.8. The lowest BCUT2D eigenvalue weighted by molar-refractivity contribution is -0.127. The topological polar surface area (TPSA) is 99.2 Å². The van der Waals surface area contributed by atoms with Gasteiger partial charge in [0.2, 0.25) is 29.0 Å². The summed E-state index contributed by atoms with van der Waals surface area (Å²) < 4.78 is 17.0. The Hall–Kier alpha value is -4.01. The standard InChI is InChI=1S/C28H20ClNO7/c1-35-19-12-7-14(13-20(19)36-2)23-21-22(27(34)30(26(21)33)16-10-8-15(29)9-11-16)28(37-23)24(31)17-5-3-4-6-18(17)25(28)32/h3-13,21-23H,1-2H3/t21-,22-,23+/m1/s1. The zero-order valence-corrected chi connectivity index (χ0v) is 20.5. The fourth-order valence-corrected chi connectivity index (χ4v) is 5.82. The molecule has 0 radical (unpaired) electrons. The van der Waals surface area contributed by atoms with Gasteiger partial charge in [0.05, 0.1) is 37.8 Å². The van der Waals surface area contributed by atoms with Crippen molar-refractivity contribution >= 4 is 40.7 Å². The molecule has 3 aromatic rings. The van der Waals surface area contributed by atoms with E-state index in [4.69, 9.17) is 25.8 Å². The number of hydrogen-bond donors (Lipinski definition) is 0. The number of nitrogens with zero attached hydrogens (tertiary/aromatic N) is 1. The summed E-state index contributed by atoms with van der Waals surface area (Å²) in [4.78, 5) is 56.5. The third kappa shape index (κ3) is 3.06. The summed E-state index contributed by atoms with van der Waals surface area (Å²) in [6.45, 7) is 0. The highest BCUT2D eigenvalue weighted by atomic mass is 35.5. The van der Waals surface area contributed by atoms with E-state index in [1.165, 1.54) is 26.4 Å². The molecule has 0 unspecified atom stereocenters. The van der Waals surface area contributed by atoms with Gasteiger partial charge in [0.25, 0.3) is 0 Å². The molecule has 6 rings (SSSR count). The molecule has 1 aliphatic carbocycles. The number of amides is 2. The van der Waals surface area contributed by atoms with Crippen molar-refractivity contribution in [3.63, 3.8) is 0 Å². The summed E-state index contributed by atoms with van der Waals surface area (Å²) in [6, 6.07) is 17.5. The van der Waals surface area contributed by atoms with Crippen LogP contribution in [-0.2, 0) is 14.3 Å². The van der Waals surface area contributed by atoms with Crippen LogP contribution in [0, 0.1) is 11.8 Å². The molecular weight excluding hydrogens is 498 g/mol. The first-order valence-electron chi connectivity index (χ1n) is 11.5. The number of ether oxygens (including phenoxy) is 3. The number of carbonyl (C=O) groups excluding carboxylic acids is 4. The first-order valence-corrected chi connectivity index (χ1v) is 11.9. The monoisotopic (exact) mass is 517 g/mol. The van der Waals surface area contributed by atoms with Crippen molar-refractivity contribution < 1.29 is 33.4 Å². The number of ketones is 2. The van der Waals surface area contributed by atoms with Crippen LogP contribution in [0.15, 0.2) is 66.7 Å². The van der Waals surface area contributed by atoms with Crippen molar-refractivity contribution in [2.75, 3.05) is 19.1 Å². The lowest BCUT2D eigenvalue weighted by atomic mass is 9.77. The van der Waals surface area contributed by atoms with Crippen LogP contribution in [0.3, 0.4) is 0 Å². The van der Waals surface area contributed by atoms with E-state index in [2.05, 4.69) is 0 Å². The van der Waals surface area contributed by atoms with Gasteiger partial charge in [-0.2, -0.15) is 0 Å². The number of fused-ring (bicyclic) bond motifs is 3. The molecule has 0 aromatic heterocycles. The Kier molecular flexibility index (Phi) is 5.22. The average molecular weight is 518 g/mol. The zero-order chi connectivity index (χ0) is 26.1. The predicted octanol–water partition coefficient (Wildman–Crippen LogP) is 4.05. The molecule has 3 aromatic carbocycles. The van der Waals surface area contributed by atoms with Crippen LogP contribution in [-0.4, -0.2) is 43.2 Å². The molecule has 9 heteroatoms. The Bertz CT molecular complexity index is 1460.